The molecule has 0 rings (SSSR count). The van der Waals surface area contributed by atoms with E-state index in [1.54, 1.807) is 0 Å². The monoisotopic (exact) mass is 209 g/mol. The van der Waals surface area contributed by atoms with Gasteiger partial charge >= 0.3 is 0 Å². The Bertz CT molecular complexity index is 170. The highest BCUT2D eigenvalue weighted by Crippen LogP contribution is 2.14. The van der Waals surface area contributed by atoms with Crippen LogP contribution in [0.15, 0.2) is 17.1 Å². The predicted molar refractivity (Wildman–Crippen MR) is 70.7 cm³/mol. The molecular formula is C14H27N. The molecule has 0 heterocycles. The Balaban J connectivity index is 3.29. The Morgan fingerprint density at radius 3 is 2.53 bits per heavy atom. The van der Waals surface area contributed by atoms with Gasteiger partial charge in [-0.05, 0) is 18.4 Å². The molecule has 1 heteroatoms. The van der Waals surface area contributed by atoms with Crippen molar-refractivity contribution in [3.05, 3.63) is 12.2 Å². The van der Waals surface area contributed by atoms with Crippen molar-refractivity contribution in [1.82, 2.24) is 0 Å². The van der Waals surface area contributed by atoms with Gasteiger partial charge in [-0.15, -0.1) is 0 Å². The lowest BCUT2D eigenvalue weighted by Gasteiger charge is -2.07. The summed E-state index contributed by atoms with van der Waals surface area (Å²) in [4.78, 5) is 3.92. The highest BCUT2D eigenvalue weighted by molar-refractivity contribution is 5.70. The van der Waals surface area contributed by atoms with Gasteiger partial charge in [0.25, 0.3) is 0 Å². The number of hydrogen-bond acceptors (Lipinski definition) is 1. The van der Waals surface area contributed by atoms with Gasteiger partial charge in [-0.25, -0.2) is 0 Å². The third-order valence-corrected chi connectivity index (χ3v) is 2.71. The van der Waals surface area contributed by atoms with Gasteiger partial charge in [-0.3, -0.25) is 4.99 Å². The van der Waals surface area contributed by atoms with Crippen LogP contribution in [0.2, 0.25) is 0 Å². The van der Waals surface area contributed by atoms with Gasteiger partial charge in [0.2, 0.25) is 0 Å². The molecule has 0 aromatic carbocycles. The van der Waals surface area contributed by atoms with E-state index in [1.165, 1.54) is 44.9 Å². The number of aliphatic imine (C=N–C) groups is 1. The number of nitrogens with zero attached hydrogens (tertiary/aromatic N) is 1. The van der Waals surface area contributed by atoms with Gasteiger partial charge in [0, 0.05) is 13.3 Å². The van der Waals surface area contributed by atoms with Crippen LogP contribution in [-0.2, 0) is 0 Å². The van der Waals surface area contributed by atoms with E-state index in [9.17, 15) is 0 Å². The minimum atomic E-state index is 0.827. The van der Waals surface area contributed by atoms with Crippen molar-refractivity contribution in [2.75, 3.05) is 7.05 Å². The normalized spacial score (nSPS) is 14.1. The van der Waals surface area contributed by atoms with Gasteiger partial charge in [0.15, 0.2) is 0 Å². The summed E-state index contributed by atoms with van der Waals surface area (Å²) in [6, 6.07) is 0. The summed E-state index contributed by atoms with van der Waals surface area (Å²) < 4.78 is 0. The number of allylic oxidation sites excluding steroid dienone is 2. The molecule has 0 fully saturated rings. The molecule has 0 aromatic heterocycles. The number of rotatable bonds is 9. The van der Waals surface area contributed by atoms with Crippen LogP contribution in [0.1, 0.15) is 58.8 Å². The molecule has 1 nitrogen and oxygen atoms in total. The lowest BCUT2D eigenvalue weighted by Crippen LogP contribution is -1.92. The third-order valence-electron chi connectivity index (χ3n) is 2.71. The average molecular weight is 209 g/mol. The van der Waals surface area contributed by atoms with Crippen LogP contribution in [0.3, 0.4) is 0 Å². The minimum absolute atomic E-state index is 0.827. The minimum Gasteiger partial charge on any atom is -0.297 e. The van der Waals surface area contributed by atoms with Crippen molar-refractivity contribution in [3.8, 4) is 0 Å². The first kappa shape index (κ1) is 14.4. The Kier molecular flexibility index (Phi) is 11.0. The maximum absolute atomic E-state index is 3.92. The molecule has 0 saturated carbocycles. The van der Waals surface area contributed by atoms with E-state index < -0.39 is 0 Å². The Morgan fingerprint density at radius 1 is 1.13 bits per heavy atom. The molecule has 0 radical (unpaired) electrons. The smallest absolute Gasteiger partial charge is 0.0277 e. The molecule has 0 bridgehead atoms. The SMILES string of the molecule is CCCCCCCC(C)C/C=C/C=N\C. The second kappa shape index (κ2) is 11.5. The van der Waals surface area contributed by atoms with E-state index in [0.717, 1.165) is 5.92 Å². The van der Waals surface area contributed by atoms with Gasteiger partial charge in [0.05, 0.1) is 0 Å². The molecule has 0 aliphatic heterocycles. The zero-order chi connectivity index (χ0) is 11.4. The van der Waals surface area contributed by atoms with Crippen molar-refractivity contribution in [2.45, 2.75) is 58.8 Å². The first-order chi connectivity index (χ1) is 7.31. The fourth-order valence-corrected chi connectivity index (χ4v) is 1.67. The zero-order valence-corrected chi connectivity index (χ0v) is 10.7. The topological polar surface area (TPSA) is 12.4 Å². The summed E-state index contributed by atoms with van der Waals surface area (Å²) in [5.41, 5.74) is 0. The van der Waals surface area contributed by atoms with Crippen molar-refractivity contribution >= 4 is 6.21 Å². The van der Waals surface area contributed by atoms with Crippen LogP contribution in [0, 0.1) is 5.92 Å². The van der Waals surface area contributed by atoms with Crippen molar-refractivity contribution < 1.29 is 0 Å². The van der Waals surface area contributed by atoms with E-state index in [0.29, 0.717) is 0 Å². The standard InChI is InChI=1S/C14H27N/c1-4-5-6-7-8-11-14(2)12-9-10-13-15-3/h9-10,13-14H,4-8,11-12H2,1-3H3/b10-9+,15-13-. The van der Waals surface area contributed by atoms with E-state index in [2.05, 4.69) is 24.9 Å². The third kappa shape index (κ3) is 11.3. The maximum atomic E-state index is 3.92. The molecule has 0 spiro atoms. The first-order valence-corrected chi connectivity index (χ1v) is 6.38. The molecule has 15 heavy (non-hydrogen) atoms. The van der Waals surface area contributed by atoms with Gasteiger partial charge in [-0.2, -0.15) is 0 Å². The molecule has 0 aliphatic carbocycles. The number of hydrogen-bond donors (Lipinski definition) is 0. The van der Waals surface area contributed by atoms with Gasteiger partial charge in [-0.1, -0.05) is 58.4 Å². The average Bonchev–Trinajstić information content (AvgIpc) is 2.24. The molecule has 88 valence electrons. The van der Waals surface area contributed by atoms with Crippen molar-refractivity contribution in [2.24, 2.45) is 10.9 Å². The van der Waals surface area contributed by atoms with Crippen LogP contribution >= 0.6 is 0 Å². The Labute approximate surface area is 95.7 Å². The van der Waals surface area contributed by atoms with Gasteiger partial charge in [0.1, 0.15) is 0 Å². The zero-order valence-electron chi connectivity index (χ0n) is 10.7. The van der Waals surface area contributed by atoms with E-state index >= 15 is 0 Å². The fraction of sp³-hybridized carbons (Fsp3) is 0.786. The molecule has 0 amide bonds. The van der Waals surface area contributed by atoms with Crippen molar-refractivity contribution in [3.63, 3.8) is 0 Å². The summed E-state index contributed by atoms with van der Waals surface area (Å²) in [6.45, 7) is 4.61. The van der Waals surface area contributed by atoms with Crippen LogP contribution in [0.5, 0.6) is 0 Å². The summed E-state index contributed by atoms with van der Waals surface area (Å²) in [7, 11) is 1.81. The quantitative estimate of drug-likeness (QED) is 0.388. The van der Waals surface area contributed by atoms with E-state index in [-0.39, 0.29) is 0 Å². The summed E-state index contributed by atoms with van der Waals surface area (Å²) in [5.74, 6) is 0.827. The maximum Gasteiger partial charge on any atom is 0.0277 e. The van der Waals surface area contributed by atoms with Crippen LogP contribution in [0.25, 0.3) is 0 Å². The molecule has 0 saturated heterocycles. The predicted octanol–water partition coefficient (Wildman–Crippen LogP) is 4.63. The molecule has 0 N–H and O–H groups in total. The number of unbranched alkanes of at least 4 members (excludes halogenated alkanes) is 4. The summed E-state index contributed by atoms with van der Waals surface area (Å²) in [5, 5.41) is 0. The molecule has 0 aromatic rings. The fourth-order valence-electron chi connectivity index (χ4n) is 1.67. The van der Waals surface area contributed by atoms with Crippen molar-refractivity contribution in [1.29, 1.82) is 0 Å². The first-order valence-electron chi connectivity index (χ1n) is 6.38. The lowest BCUT2D eigenvalue weighted by molar-refractivity contribution is 0.490. The Hall–Kier alpha value is -0.590. The summed E-state index contributed by atoms with van der Waals surface area (Å²) >= 11 is 0. The highest BCUT2D eigenvalue weighted by atomic mass is 14.6. The van der Waals surface area contributed by atoms with Crippen LogP contribution < -0.4 is 0 Å². The van der Waals surface area contributed by atoms with E-state index in [1.807, 2.05) is 19.3 Å². The second-order valence-corrected chi connectivity index (χ2v) is 4.38. The van der Waals surface area contributed by atoms with E-state index in [4.69, 9.17) is 0 Å². The molecular weight excluding hydrogens is 182 g/mol. The van der Waals surface area contributed by atoms with Crippen LogP contribution in [0.4, 0.5) is 0 Å². The lowest BCUT2D eigenvalue weighted by atomic mass is 9.99. The molecule has 1 atom stereocenters. The highest BCUT2D eigenvalue weighted by Gasteiger charge is 1.98. The second-order valence-electron chi connectivity index (χ2n) is 4.38. The molecule has 0 aliphatic rings. The Morgan fingerprint density at radius 2 is 1.87 bits per heavy atom. The summed E-state index contributed by atoms with van der Waals surface area (Å²) in [6.07, 6.45) is 15.7. The van der Waals surface area contributed by atoms with Crippen LogP contribution in [-0.4, -0.2) is 13.3 Å². The molecule has 1 unspecified atom stereocenters. The van der Waals surface area contributed by atoms with Gasteiger partial charge < -0.3 is 0 Å². The largest absolute Gasteiger partial charge is 0.297 e.